The molecule has 5 nitrogen and oxygen atoms in total. The summed E-state index contributed by atoms with van der Waals surface area (Å²) in [6, 6.07) is 0.0351. The highest BCUT2D eigenvalue weighted by atomic mass is 16.5. The highest BCUT2D eigenvalue weighted by Gasteiger charge is 2.20. The van der Waals surface area contributed by atoms with Gasteiger partial charge in [0.25, 0.3) is 0 Å². The molecule has 1 rings (SSSR count). The van der Waals surface area contributed by atoms with Gasteiger partial charge in [-0.15, -0.1) is 0 Å². The Hall–Kier alpha value is -0.650. The largest absolute Gasteiger partial charge is 0.382 e. The number of hydrogen-bond acceptors (Lipinski definition) is 4. The van der Waals surface area contributed by atoms with Gasteiger partial charge in [-0.25, -0.2) is 0 Å². The summed E-state index contributed by atoms with van der Waals surface area (Å²) in [7, 11) is 1.66. The molecule has 1 atom stereocenters. The molecule has 100 valence electrons. The molecular formula is C12H24N2O3. The third kappa shape index (κ3) is 6.61. The van der Waals surface area contributed by atoms with E-state index in [1.54, 1.807) is 7.11 Å². The van der Waals surface area contributed by atoms with Crippen LogP contribution in [0.1, 0.15) is 25.7 Å². The lowest BCUT2D eigenvalue weighted by Crippen LogP contribution is -2.40. The molecule has 0 bridgehead atoms. The van der Waals surface area contributed by atoms with Crippen LogP contribution >= 0.6 is 0 Å². The van der Waals surface area contributed by atoms with E-state index in [0.29, 0.717) is 13.2 Å². The van der Waals surface area contributed by atoms with Gasteiger partial charge in [0.05, 0.1) is 19.3 Å². The first-order valence-electron chi connectivity index (χ1n) is 6.42. The van der Waals surface area contributed by atoms with E-state index in [-0.39, 0.29) is 11.9 Å². The molecule has 0 radical (unpaired) electrons. The van der Waals surface area contributed by atoms with Crippen LogP contribution in [-0.2, 0) is 14.3 Å². The third-order valence-corrected chi connectivity index (χ3v) is 2.82. The summed E-state index contributed by atoms with van der Waals surface area (Å²) in [6.45, 7) is 3.73. The average molecular weight is 244 g/mol. The number of hydrogen-bond donors (Lipinski definition) is 2. The minimum Gasteiger partial charge on any atom is -0.382 e. The molecule has 0 saturated carbocycles. The van der Waals surface area contributed by atoms with Gasteiger partial charge in [-0.1, -0.05) is 0 Å². The summed E-state index contributed by atoms with van der Waals surface area (Å²) in [6.07, 6.45) is 4.00. The number of carbonyl (C=O) groups is 1. The van der Waals surface area contributed by atoms with E-state index in [9.17, 15) is 4.79 Å². The zero-order valence-electron chi connectivity index (χ0n) is 10.7. The van der Waals surface area contributed by atoms with E-state index >= 15 is 0 Å². The Morgan fingerprint density at radius 2 is 2.24 bits per heavy atom. The summed E-state index contributed by atoms with van der Waals surface area (Å²) in [5, 5.41) is 6.13. The Morgan fingerprint density at radius 1 is 1.35 bits per heavy atom. The molecule has 1 saturated heterocycles. The van der Waals surface area contributed by atoms with Gasteiger partial charge in [0.1, 0.15) is 0 Å². The lowest BCUT2D eigenvalue weighted by molar-refractivity contribution is -0.122. The van der Waals surface area contributed by atoms with E-state index in [4.69, 9.17) is 9.47 Å². The maximum atomic E-state index is 11.6. The fourth-order valence-corrected chi connectivity index (χ4v) is 1.82. The van der Waals surface area contributed by atoms with Crippen molar-refractivity contribution in [2.75, 3.05) is 40.0 Å². The smallest absolute Gasteiger partial charge is 0.237 e. The van der Waals surface area contributed by atoms with E-state index in [0.717, 1.165) is 45.4 Å². The van der Waals surface area contributed by atoms with Gasteiger partial charge in [-0.3, -0.25) is 4.79 Å². The first-order valence-corrected chi connectivity index (χ1v) is 6.42. The lowest BCUT2D eigenvalue weighted by atomic mass is 10.2. The van der Waals surface area contributed by atoms with Crippen LogP contribution in [0.15, 0.2) is 0 Å². The molecule has 2 N–H and O–H groups in total. The lowest BCUT2D eigenvalue weighted by Gasteiger charge is -2.10. The molecule has 0 aromatic heterocycles. The second-order valence-corrected chi connectivity index (χ2v) is 4.25. The predicted molar refractivity (Wildman–Crippen MR) is 66.0 cm³/mol. The van der Waals surface area contributed by atoms with Crippen molar-refractivity contribution in [3.63, 3.8) is 0 Å². The standard InChI is InChI=1S/C12H24N2O3/c1-16-9-10-17-8-3-2-6-14-12(15)11-5-4-7-13-11/h11,13H,2-10H2,1H3,(H,14,15). The molecule has 0 spiro atoms. The van der Waals surface area contributed by atoms with Crippen molar-refractivity contribution in [1.82, 2.24) is 10.6 Å². The maximum absolute atomic E-state index is 11.6. The number of methoxy groups -OCH3 is 1. The van der Waals surface area contributed by atoms with Gasteiger partial charge >= 0.3 is 0 Å². The highest BCUT2D eigenvalue weighted by Crippen LogP contribution is 2.04. The van der Waals surface area contributed by atoms with Crippen molar-refractivity contribution in [3.05, 3.63) is 0 Å². The SMILES string of the molecule is COCCOCCCCNC(=O)C1CCCN1. The molecular weight excluding hydrogens is 220 g/mol. The van der Waals surface area contributed by atoms with Crippen molar-refractivity contribution in [1.29, 1.82) is 0 Å². The topological polar surface area (TPSA) is 59.6 Å². The van der Waals surface area contributed by atoms with Crippen LogP contribution in [-0.4, -0.2) is 52.0 Å². The minimum absolute atomic E-state index is 0.0351. The second-order valence-electron chi connectivity index (χ2n) is 4.25. The highest BCUT2D eigenvalue weighted by molar-refractivity contribution is 5.81. The van der Waals surface area contributed by atoms with E-state index in [2.05, 4.69) is 10.6 Å². The zero-order valence-corrected chi connectivity index (χ0v) is 10.7. The van der Waals surface area contributed by atoms with Gasteiger partial charge in [0.15, 0.2) is 0 Å². The fourth-order valence-electron chi connectivity index (χ4n) is 1.82. The van der Waals surface area contributed by atoms with Crippen LogP contribution in [0, 0.1) is 0 Å². The number of unbranched alkanes of at least 4 members (excludes halogenated alkanes) is 1. The molecule has 1 heterocycles. The number of ether oxygens (including phenoxy) is 2. The molecule has 1 unspecified atom stereocenters. The Balaban J connectivity index is 1.85. The second kappa shape index (κ2) is 9.39. The maximum Gasteiger partial charge on any atom is 0.237 e. The van der Waals surface area contributed by atoms with Crippen molar-refractivity contribution in [2.45, 2.75) is 31.7 Å². The quantitative estimate of drug-likeness (QED) is 0.573. The molecule has 1 fully saturated rings. The summed E-state index contributed by atoms with van der Waals surface area (Å²) in [4.78, 5) is 11.6. The van der Waals surface area contributed by atoms with Gasteiger partial charge in [-0.2, -0.15) is 0 Å². The van der Waals surface area contributed by atoms with Crippen LogP contribution in [0.4, 0.5) is 0 Å². The Morgan fingerprint density at radius 3 is 2.94 bits per heavy atom. The van der Waals surface area contributed by atoms with Crippen LogP contribution in [0.25, 0.3) is 0 Å². The van der Waals surface area contributed by atoms with E-state index < -0.39 is 0 Å². The molecule has 0 aromatic carbocycles. The van der Waals surface area contributed by atoms with Crippen LogP contribution in [0.2, 0.25) is 0 Å². The third-order valence-electron chi connectivity index (χ3n) is 2.82. The van der Waals surface area contributed by atoms with Crippen molar-refractivity contribution in [3.8, 4) is 0 Å². The van der Waals surface area contributed by atoms with Crippen molar-refractivity contribution < 1.29 is 14.3 Å². The molecule has 1 amide bonds. The predicted octanol–water partition coefficient (Wildman–Crippen LogP) is 0.298. The van der Waals surface area contributed by atoms with Crippen LogP contribution in [0.5, 0.6) is 0 Å². The summed E-state index contributed by atoms with van der Waals surface area (Å²) in [5.41, 5.74) is 0. The molecule has 17 heavy (non-hydrogen) atoms. The summed E-state index contributed by atoms with van der Waals surface area (Å²) < 4.78 is 10.2. The zero-order chi connectivity index (χ0) is 12.3. The molecule has 5 heteroatoms. The summed E-state index contributed by atoms with van der Waals surface area (Å²) in [5.74, 6) is 0.141. The average Bonchev–Trinajstić information content (AvgIpc) is 2.86. The normalized spacial score (nSPS) is 19.5. The van der Waals surface area contributed by atoms with Crippen LogP contribution in [0.3, 0.4) is 0 Å². The Labute approximate surface area is 103 Å². The van der Waals surface area contributed by atoms with Crippen molar-refractivity contribution >= 4 is 5.91 Å². The van der Waals surface area contributed by atoms with Gasteiger partial charge in [0.2, 0.25) is 5.91 Å². The van der Waals surface area contributed by atoms with E-state index in [1.165, 1.54) is 0 Å². The minimum atomic E-state index is 0.0351. The number of carbonyl (C=O) groups excluding carboxylic acids is 1. The Bertz CT molecular complexity index is 206. The molecule has 0 aromatic rings. The molecule has 1 aliphatic rings. The first-order chi connectivity index (χ1) is 8.34. The number of amides is 1. The number of nitrogens with one attached hydrogen (secondary N) is 2. The van der Waals surface area contributed by atoms with Gasteiger partial charge in [-0.05, 0) is 32.2 Å². The van der Waals surface area contributed by atoms with Gasteiger partial charge in [0, 0.05) is 20.3 Å². The van der Waals surface area contributed by atoms with E-state index in [1.807, 2.05) is 0 Å². The van der Waals surface area contributed by atoms with Crippen LogP contribution < -0.4 is 10.6 Å². The summed E-state index contributed by atoms with van der Waals surface area (Å²) >= 11 is 0. The fraction of sp³-hybridized carbons (Fsp3) is 0.917. The number of rotatable bonds is 9. The molecule has 0 aliphatic carbocycles. The monoisotopic (exact) mass is 244 g/mol. The molecule has 1 aliphatic heterocycles. The Kier molecular flexibility index (Phi) is 7.96. The first kappa shape index (κ1) is 14.4. The van der Waals surface area contributed by atoms with Crippen molar-refractivity contribution in [2.24, 2.45) is 0 Å². The van der Waals surface area contributed by atoms with Gasteiger partial charge < -0.3 is 20.1 Å².